The quantitative estimate of drug-likeness (QED) is 0.0577. The standard InChI is InChI=1S/C17H27N3O20P2S/c1-6(22)11(25)10(18)12(26)14(7(23)4-21)38-43(34,35)39-15-8(5-36-42(32,33)40-41(29,30)31)37-16(13(15)27)20-3-2-9(24)19-17(20)28/h2-3,7-8,10,12-16,21,23,26-27H,4-5,18H2,1H3,(H,32,33)(H,19,24,28)(H2,29,30,31)/t7-,8-,10+,12-,13-,14+,15-,16-/m1/s1. The fourth-order valence-corrected chi connectivity index (χ4v) is 6.17. The molecule has 1 aliphatic rings. The Kier molecular flexibility index (Phi) is 12.4. The first-order valence-corrected chi connectivity index (χ1v) is 15.7. The van der Waals surface area contributed by atoms with E-state index >= 15 is 0 Å². The lowest BCUT2D eigenvalue weighted by atomic mass is 9.97. The summed E-state index contributed by atoms with van der Waals surface area (Å²) in [5, 5.41) is 40.3. The molecule has 43 heavy (non-hydrogen) atoms. The molecule has 0 bridgehead atoms. The number of aliphatic hydroxyl groups is 4. The maximum atomic E-state index is 12.8. The number of carbonyl (C=O) groups is 2. The van der Waals surface area contributed by atoms with Crippen LogP contribution in [0.15, 0.2) is 21.9 Å². The van der Waals surface area contributed by atoms with Crippen molar-refractivity contribution in [2.75, 3.05) is 13.2 Å². The lowest BCUT2D eigenvalue weighted by molar-refractivity contribution is -0.140. The van der Waals surface area contributed by atoms with Gasteiger partial charge in [0.05, 0.1) is 13.2 Å². The van der Waals surface area contributed by atoms with Crippen LogP contribution in [0.2, 0.25) is 0 Å². The van der Waals surface area contributed by atoms with Crippen molar-refractivity contribution in [3.63, 3.8) is 0 Å². The fourth-order valence-electron chi connectivity index (χ4n) is 3.50. The maximum Gasteiger partial charge on any atom is 0.481 e. The molecule has 1 aromatic heterocycles. The molecule has 0 spiro atoms. The Balaban J connectivity index is 2.42. The van der Waals surface area contributed by atoms with E-state index in [4.69, 9.17) is 24.4 Å². The summed E-state index contributed by atoms with van der Waals surface area (Å²) in [6.45, 7) is -1.88. The minimum Gasteiger partial charge on any atom is -0.394 e. The fraction of sp³-hybridized carbons (Fsp3) is 0.647. The highest BCUT2D eigenvalue weighted by molar-refractivity contribution is 7.81. The molecule has 0 aliphatic carbocycles. The van der Waals surface area contributed by atoms with E-state index in [0.29, 0.717) is 4.57 Å². The second-order valence-electron chi connectivity index (χ2n) is 8.63. The topological polar surface area (TPSA) is 371 Å². The number of ether oxygens (including phenoxy) is 1. The molecular formula is C17H27N3O20P2S. The molecule has 26 heteroatoms. The van der Waals surface area contributed by atoms with Gasteiger partial charge < -0.3 is 45.6 Å². The molecule has 1 aromatic rings. The highest BCUT2D eigenvalue weighted by atomic mass is 32.3. The Morgan fingerprint density at radius 2 is 1.81 bits per heavy atom. The van der Waals surface area contributed by atoms with Crippen LogP contribution >= 0.6 is 15.6 Å². The molecule has 9 atom stereocenters. The number of nitrogens with one attached hydrogen (secondary N) is 1. The van der Waals surface area contributed by atoms with Gasteiger partial charge in [-0.3, -0.25) is 28.5 Å². The molecule has 246 valence electrons. The molecule has 0 radical (unpaired) electrons. The molecule has 1 fully saturated rings. The zero-order valence-electron chi connectivity index (χ0n) is 21.5. The van der Waals surface area contributed by atoms with Crippen molar-refractivity contribution in [3.8, 4) is 0 Å². The van der Waals surface area contributed by atoms with Crippen LogP contribution in [-0.4, -0.2) is 121 Å². The summed E-state index contributed by atoms with van der Waals surface area (Å²) in [6, 6.07) is -1.40. The van der Waals surface area contributed by atoms with Crippen LogP contribution in [0, 0.1) is 0 Å². The molecule has 23 nitrogen and oxygen atoms in total. The van der Waals surface area contributed by atoms with Crippen molar-refractivity contribution in [2.24, 2.45) is 5.73 Å². The van der Waals surface area contributed by atoms with E-state index in [9.17, 15) is 62.0 Å². The second kappa shape index (κ2) is 14.3. The summed E-state index contributed by atoms with van der Waals surface area (Å²) < 4.78 is 71.4. The van der Waals surface area contributed by atoms with E-state index in [2.05, 4.69) is 13.0 Å². The Bertz CT molecular complexity index is 1490. The Morgan fingerprint density at radius 3 is 2.33 bits per heavy atom. The number of nitrogens with zero attached hydrogens (tertiary/aromatic N) is 1. The zero-order valence-corrected chi connectivity index (χ0v) is 24.1. The minimum atomic E-state index is -5.63. The van der Waals surface area contributed by atoms with Crippen molar-refractivity contribution in [1.82, 2.24) is 9.55 Å². The van der Waals surface area contributed by atoms with Crippen molar-refractivity contribution < 1.29 is 84.2 Å². The zero-order chi connectivity index (χ0) is 33.1. The Labute approximate surface area is 239 Å². The first kappa shape index (κ1) is 37.1. The number of aromatic nitrogens is 2. The van der Waals surface area contributed by atoms with E-state index in [-0.39, 0.29) is 0 Å². The van der Waals surface area contributed by atoms with Gasteiger partial charge in [-0.1, -0.05) is 0 Å². The van der Waals surface area contributed by atoms with Gasteiger partial charge in [0.15, 0.2) is 12.0 Å². The second-order valence-corrected chi connectivity index (χ2v) is 12.7. The molecule has 0 aromatic carbocycles. The number of aromatic amines is 1. The minimum absolute atomic E-state index is 0.509. The lowest BCUT2D eigenvalue weighted by Crippen LogP contribution is -2.55. The SMILES string of the molecule is CC(=O)C(=O)[C@H](N)[C@@H](O)[C@@H](OS(=O)(=O)O[C@H]1[C@@H](O)[C@H](n2ccc(=O)[nH]c2=O)O[C@@H]1COP(=O)(O)OP(=O)(O)O)[C@H](O)CO. The molecular weight excluding hydrogens is 660 g/mol. The van der Waals surface area contributed by atoms with Crippen LogP contribution in [0.5, 0.6) is 0 Å². The van der Waals surface area contributed by atoms with E-state index in [1.165, 1.54) is 0 Å². The smallest absolute Gasteiger partial charge is 0.394 e. The number of carbonyl (C=O) groups excluding carboxylic acids is 2. The van der Waals surface area contributed by atoms with Gasteiger partial charge in [0, 0.05) is 19.2 Å². The molecule has 1 aliphatic heterocycles. The number of phosphoric acid groups is 2. The predicted molar refractivity (Wildman–Crippen MR) is 132 cm³/mol. The van der Waals surface area contributed by atoms with Crippen molar-refractivity contribution in [3.05, 3.63) is 33.1 Å². The number of H-pyrrole nitrogens is 1. The van der Waals surface area contributed by atoms with Gasteiger partial charge in [0.1, 0.15) is 42.7 Å². The third kappa shape index (κ3) is 10.2. The number of rotatable bonds is 16. The van der Waals surface area contributed by atoms with E-state index < -0.39 is 111 Å². The van der Waals surface area contributed by atoms with Gasteiger partial charge in [-0.2, -0.15) is 12.7 Å². The van der Waals surface area contributed by atoms with Crippen molar-refractivity contribution in [2.45, 2.75) is 55.8 Å². The number of hydrogen-bond donors (Lipinski definition) is 9. The predicted octanol–water partition coefficient (Wildman–Crippen LogP) is -5.76. The van der Waals surface area contributed by atoms with Gasteiger partial charge in [0.25, 0.3) is 5.56 Å². The molecule has 0 saturated carbocycles. The van der Waals surface area contributed by atoms with Crippen LogP contribution in [0.4, 0.5) is 0 Å². The average molecular weight is 687 g/mol. The Morgan fingerprint density at radius 1 is 1.21 bits per heavy atom. The van der Waals surface area contributed by atoms with Crippen LogP contribution in [-0.2, 0) is 51.1 Å². The van der Waals surface area contributed by atoms with Crippen LogP contribution in [0.3, 0.4) is 0 Å². The molecule has 1 saturated heterocycles. The summed E-state index contributed by atoms with van der Waals surface area (Å²) in [7, 11) is -16.8. The average Bonchev–Trinajstić information content (AvgIpc) is 3.17. The monoisotopic (exact) mass is 687 g/mol. The summed E-state index contributed by atoms with van der Waals surface area (Å²) in [4.78, 5) is 75.6. The summed E-state index contributed by atoms with van der Waals surface area (Å²) in [6.07, 6.45) is -15.0. The molecule has 1 unspecified atom stereocenters. The first-order chi connectivity index (χ1) is 19.6. The number of ketones is 2. The Hall–Kier alpha value is -2.09. The first-order valence-electron chi connectivity index (χ1n) is 11.4. The van der Waals surface area contributed by atoms with Gasteiger partial charge in [-0.15, -0.1) is 0 Å². The van der Waals surface area contributed by atoms with Gasteiger partial charge in [-0.05, 0) is 0 Å². The van der Waals surface area contributed by atoms with E-state index in [0.717, 1.165) is 19.2 Å². The summed E-state index contributed by atoms with van der Waals surface area (Å²) >= 11 is 0. The van der Waals surface area contributed by atoms with Gasteiger partial charge >= 0.3 is 31.7 Å². The van der Waals surface area contributed by atoms with E-state index in [1.54, 1.807) is 4.98 Å². The molecule has 10 N–H and O–H groups in total. The highest BCUT2D eigenvalue weighted by Gasteiger charge is 2.50. The summed E-state index contributed by atoms with van der Waals surface area (Å²) in [5.74, 6) is -2.61. The van der Waals surface area contributed by atoms with Crippen molar-refractivity contribution in [1.29, 1.82) is 0 Å². The molecule has 0 amide bonds. The third-order valence-electron chi connectivity index (χ3n) is 5.42. The number of phosphoric ester groups is 1. The van der Waals surface area contributed by atoms with Crippen molar-refractivity contribution >= 4 is 37.6 Å². The van der Waals surface area contributed by atoms with Crippen LogP contribution in [0.1, 0.15) is 13.2 Å². The number of aliphatic hydroxyl groups excluding tert-OH is 4. The number of hydrogen-bond acceptors (Lipinski definition) is 18. The number of nitrogens with two attached hydrogens (primary N) is 1. The van der Waals surface area contributed by atoms with E-state index in [1.807, 2.05) is 0 Å². The summed E-state index contributed by atoms with van der Waals surface area (Å²) in [5.41, 5.74) is 3.32. The van der Waals surface area contributed by atoms with Crippen LogP contribution in [0.25, 0.3) is 0 Å². The highest BCUT2D eigenvalue weighted by Crippen LogP contribution is 2.57. The normalized spacial score (nSPS) is 25.4. The molecule has 2 rings (SSSR count). The van der Waals surface area contributed by atoms with Gasteiger partial charge in [-0.25, -0.2) is 22.3 Å². The third-order valence-corrected chi connectivity index (χ3v) is 8.49. The lowest BCUT2D eigenvalue weighted by Gasteiger charge is -2.29. The van der Waals surface area contributed by atoms with Gasteiger partial charge in [0.2, 0.25) is 5.78 Å². The number of Topliss-reactive ketones (excluding diaryl/α,β-unsaturated/α-hetero) is 2. The largest absolute Gasteiger partial charge is 0.481 e. The van der Waals surface area contributed by atoms with Crippen LogP contribution < -0.4 is 17.0 Å². The molecule has 2 heterocycles. The maximum absolute atomic E-state index is 12.8.